The number of amides is 1. The first-order chi connectivity index (χ1) is 16.1. The molecule has 3 heterocycles. The van der Waals surface area contributed by atoms with Crippen LogP contribution in [0.25, 0.3) is 10.9 Å². The van der Waals surface area contributed by atoms with Gasteiger partial charge >= 0.3 is 5.97 Å². The molecule has 2 unspecified atom stereocenters. The molecule has 33 heavy (non-hydrogen) atoms. The Hall–Kier alpha value is -2.34. The zero-order valence-electron chi connectivity index (χ0n) is 20.6. The van der Waals surface area contributed by atoms with Crippen molar-refractivity contribution >= 4 is 22.8 Å². The molecule has 0 spiro atoms. The highest BCUT2D eigenvalue weighted by Gasteiger charge is 2.33. The van der Waals surface area contributed by atoms with Crippen LogP contribution in [-0.2, 0) is 34.2 Å². The summed E-state index contributed by atoms with van der Waals surface area (Å²) in [6, 6.07) is 6.13. The maximum Gasteiger partial charge on any atom is 0.310 e. The number of hydrogen-bond acceptors (Lipinski definition) is 4. The van der Waals surface area contributed by atoms with E-state index in [1.807, 2.05) is 19.9 Å². The Balaban J connectivity index is 0.00000126. The Morgan fingerprint density at radius 1 is 1.06 bits per heavy atom. The molecular weight excluding hydrogens is 416 g/mol. The number of carbonyl (C=O) groups is 2. The zero-order chi connectivity index (χ0) is 23.5. The van der Waals surface area contributed by atoms with Gasteiger partial charge in [0.15, 0.2) is 0 Å². The smallest absolute Gasteiger partial charge is 0.310 e. The number of ether oxygens (including phenoxy) is 2. The van der Waals surface area contributed by atoms with Crippen molar-refractivity contribution < 1.29 is 19.1 Å². The molecule has 2 aromatic rings. The second-order valence-electron chi connectivity index (χ2n) is 9.43. The summed E-state index contributed by atoms with van der Waals surface area (Å²) in [5.74, 6) is 1.05. The highest BCUT2D eigenvalue weighted by molar-refractivity contribution is 5.99. The van der Waals surface area contributed by atoms with E-state index in [0.29, 0.717) is 25.4 Å². The molecule has 180 valence electrons. The minimum absolute atomic E-state index is 0.0164. The Bertz CT molecular complexity index is 1010. The van der Waals surface area contributed by atoms with Gasteiger partial charge in [-0.15, -0.1) is 0 Å². The Morgan fingerprint density at radius 3 is 2.55 bits per heavy atom. The molecule has 1 aromatic carbocycles. The van der Waals surface area contributed by atoms with Crippen molar-refractivity contribution in [2.24, 2.45) is 24.8 Å². The van der Waals surface area contributed by atoms with Crippen LogP contribution in [0.2, 0.25) is 0 Å². The number of benzene rings is 1. The lowest BCUT2D eigenvalue weighted by Crippen LogP contribution is -2.30. The van der Waals surface area contributed by atoms with Crippen molar-refractivity contribution in [3.8, 4) is 0 Å². The molecule has 2 aliphatic heterocycles. The number of esters is 1. The molecule has 0 bridgehead atoms. The summed E-state index contributed by atoms with van der Waals surface area (Å²) in [7, 11) is 3.56. The molecule has 0 radical (unpaired) electrons. The minimum Gasteiger partial charge on any atom is -0.469 e. The molecule has 2 atom stereocenters. The molecule has 1 aromatic heterocycles. The van der Waals surface area contributed by atoms with E-state index in [1.54, 1.807) is 4.90 Å². The van der Waals surface area contributed by atoms with Crippen LogP contribution in [0.3, 0.4) is 0 Å². The SMILES string of the molecule is CC.COC(=O)C1CCN(C(=O)c2ccc3c(c2)c2c(n3C)CCC(C3CCOCC3)C2)C1. The van der Waals surface area contributed by atoms with Gasteiger partial charge < -0.3 is 18.9 Å². The van der Waals surface area contributed by atoms with Crippen molar-refractivity contribution in [3.63, 3.8) is 0 Å². The molecule has 3 aliphatic rings. The average molecular weight is 455 g/mol. The number of aryl methyl sites for hydroxylation is 1. The summed E-state index contributed by atoms with van der Waals surface area (Å²) in [5, 5.41) is 1.23. The van der Waals surface area contributed by atoms with Crippen molar-refractivity contribution in [1.29, 1.82) is 0 Å². The summed E-state index contributed by atoms with van der Waals surface area (Å²) in [6.07, 6.45) is 6.47. The molecule has 2 saturated heterocycles. The highest BCUT2D eigenvalue weighted by atomic mass is 16.5. The summed E-state index contributed by atoms with van der Waals surface area (Å²) < 4.78 is 12.8. The van der Waals surface area contributed by atoms with Gasteiger partial charge in [0.2, 0.25) is 0 Å². The fraction of sp³-hybridized carbons (Fsp3) is 0.630. The van der Waals surface area contributed by atoms with E-state index in [4.69, 9.17) is 9.47 Å². The van der Waals surface area contributed by atoms with Crippen molar-refractivity contribution in [2.75, 3.05) is 33.4 Å². The van der Waals surface area contributed by atoms with E-state index in [2.05, 4.69) is 23.7 Å². The molecule has 6 heteroatoms. The third-order valence-corrected chi connectivity index (χ3v) is 7.84. The molecule has 2 fully saturated rings. The molecular formula is C27H38N2O4. The lowest BCUT2D eigenvalue weighted by molar-refractivity contribution is -0.144. The maximum absolute atomic E-state index is 13.2. The van der Waals surface area contributed by atoms with E-state index in [-0.39, 0.29) is 17.8 Å². The van der Waals surface area contributed by atoms with Crippen molar-refractivity contribution in [2.45, 2.75) is 52.4 Å². The first-order valence-corrected chi connectivity index (χ1v) is 12.6. The van der Waals surface area contributed by atoms with E-state index in [0.717, 1.165) is 37.5 Å². The summed E-state index contributed by atoms with van der Waals surface area (Å²) in [6.45, 7) is 6.84. The van der Waals surface area contributed by atoms with E-state index < -0.39 is 0 Å². The predicted molar refractivity (Wildman–Crippen MR) is 129 cm³/mol. The third-order valence-electron chi connectivity index (χ3n) is 7.84. The molecule has 1 aliphatic carbocycles. The highest BCUT2D eigenvalue weighted by Crippen LogP contribution is 2.39. The quantitative estimate of drug-likeness (QED) is 0.646. The van der Waals surface area contributed by atoms with Crippen molar-refractivity contribution in [1.82, 2.24) is 9.47 Å². The van der Waals surface area contributed by atoms with Gasteiger partial charge in [-0.3, -0.25) is 9.59 Å². The van der Waals surface area contributed by atoms with E-state index >= 15 is 0 Å². The minimum atomic E-state index is -0.220. The number of fused-ring (bicyclic) bond motifs is 3. The van der Waals surface area contributed by atoms with Crippen LogP contribution >= 0.6 is 0 Å². The number of likely N-dealkylation sites (tertiary alicyclic amines) is 1. The molecule has 0 saturated carbocycles. The van der Waals surface area contributed by atoms with Gasteiger partial charge in [-0.2, -0.15) is 0 Å². The summed E-state index contributed by atoms with van der Waals surface area (Å²) in [5.41, 5.74) is 4.79. The lowest BCUT2D eigenvalue weighted by atomic mass is 9.75. The lowest BCUT2D eigenvalue weighted by Gasteiger charge is -2.33. The second kappa shape index (κ2) is 10.3. The first-order valence-electron chi connectivity index (χ1n) is 12.6. The Morgan fingerprint density at radius 2 is 1.82 bits per heavy atom. The number of rotatable bonds is 3. The van der Waals surface area contributed by atoms with Crippen LogP contribution in [0.5, 0.6) is 0 Å². The predicted octanol–water partition coefficient (Wildman–Crippen LogP) is 4.37. The largest absolute Gasteiger partial charge is 0.469 e. The Kier molecular flexibility index (Phi) is 7.42. The van der Waals surface area contributed by atoms with Crippen LogP contribution in [0, 0.1) is 17.8 Å². The zero-order valence-corrected chi connectivity index (χ0v) is 20.6. The molecule has 6 nitrogen and oxygen atoms in total. The van der Waals surface area contributed by atoms with Gasteiger partial charge in [0.05, 0.1) is 13.0 Å². The number of hydrogen-bond donors (Lipinski definition) is 0. The number of carbonyl (C=O) groups excluding carboxylic acids is 2. The van der Waals surface area contributed by atoms with Crippen LogP contribution in [-0.4, -0.2) is 54.8 Å². The topological polar surface area (TPSA) is 60.8 Å². The van der Waals surface area contributed by atoms with Gasteiger partial charge in [-0.25, -0.2) is 0 Å². The van der Waals surface area contributed by atoms with Gasteiger partial charge in [-0.05, 0) is 74.1 Å². The summed E-state index contributed by atoms with van der Waals surface area (Å²) in [4.78, 5) is 26.8. The summed E-state index contributed by atoms with van der Waals surface area (Å²) >= 11 is 0. The van der Waals surface area contributed by atoms with Crippen LogP contribution in [0.1, 0.15) is 61.1 Å². The maximum atomic E-state index is 13.2. The van der Waals surface area contributed by atoms with Crippen molar-refractivity contribution in [3.05, 3.63) is 35.0 Å². The first kappa shape index (κ1) is 23.8. The van der Waals surface area contributed by atoms with Gasteiger partial charge in [0, 0.05) is 55.5 Å². The van der Waals surface area contributed by atoms with Gasteiger partial charge in [0.25, 0.3) is 5.91 Å². The van der Waals surface area contributed by atoms with E-state index in [9.17, 15) is 9.59 Å². The molecule has 1 amide bonds. The number of nitrogens with zero attached hydrogens (tertiary/aromatic N) is 2. The molecule has 5 rings (SSSR count). The van der Waals surface area contributed by atoms with Gasteiger partial charge in [-0.1, -0.05) is 13.8 Å². The standard InChI is InChI=1S/C25H32N2O4.C2H6/c1-26-22-5-3-17(16-8-11-31-12-9-16)13-20(22)21-14-18(4-6-23(21)26)24(28)27-10-7-19(15-27)25(29)30-2;1-2/h4,6,14,16-17,19H,3,5,7-13,15H2,1-2H3;1-2H3. The van der Waals surface area contributed by atoms with Crippen LogP contribution in [0.4, 0.5) is 0 Å². The average Bonchev–Trinajstić information content (AvgIpc) is 3.48. The number of methoxy groups -OCH3 is 1. The van der Waals surface area contributed by atoms with Gasteiger partial charge in [0.1, 0.15) is 0 Å². The number of aromatic nitrogens is 1. The Labute approximate surface area is 197 Å². The monoisotopic (exact) mass is 454 g/mol. The van der Waals surface area contributed by atoms with E-state index in [1.165, 1.54) is 48.5 Å². The van der Waals surface area contributed by atoms with Crippen LogP contribution < -0.4 is 0 Å². The third kappa shape index (κ3) is 4.54. The fourth-order valence-electron chi connectivity index (χ4n) is 6.02. The fourth-order valence-corrected chi connectivity index (χ4v) is 6.02. The van der Waals surface area contributed by atoms with Crippen LogP contribution in [0.15, 0.2) is 18.2 Å². The normalized spacial score (nSPS) is 23.1. The second-order valence-corrected chi connectivity index (χ2v) is 9.43. The molecule has 0 N–H and O–H groups in total.